The van der Waals surface area contributed by atoms with Crippen molar-refractivity contribution in [2.75, 3.05) is 17.1 Å². The van der Waals surface area contributed by atoms with Crippen LogP contribution in [0.1, 0.15) is 38.3 Å². The smallest absolute Gasteiger partial charge is 0.244 e. The van der Waals surface area contributed by atoms with Crippen molar-refractivity contribution >= 4 is 62.3 Å². The SMILES string of the molecule is CC[C@H](C)NC(=O)[C@@H](C)N(Cc1ccccc1C)C(=O)CN(c1cc(Cl)c(Cl)cc1Cl)S(C)(=O)=O. The Morgan fingerprint density at radius 2 is 1.63 bits per heavy atom. The summed E-state index contributed by atoms with van der Waals surface area (Å²) in [5, 5.41) is 3.14. The molecule has 2 atom stereocenters. The Morgan fingerprint density at radius 3 is 2.20 bits per heavy atom. The summed E-state index contributed by atoms with van der Waals surface area (Å²) in [4.78, 5) is 27.9. The summed E-state index contributed by atoms with van der Waals surface area (Å²) in [6.45, 7) is 6.87. The molecule has 0 radical (unpaired) electrons. The molecule has 35 heavy (non-hydrogen) atoms. The molecule has 0 fully saturated rings. The van der Waals surface area contributed by atoms with E-state index in [4.69, 9.17) is 34.8 Å². The van der Waals surface area contributed by atoms with Gasteiger partial charge in [-0.25, -0.2) is 8.42 Å². The van der Waals surface area contributed by atoms with Gasteiger partial charge in [-0.2, -0.15) is 0 Å². The van der Waals surface area contributed by atoms with Gasteiger partial charge in [0.1, 0.15) is 12.6 Å². The molecule has 0 bridgehead atoms. The largest absolute Gasteiger partial charge is 0.352 e. The molecule has 2 aromatic rings. The van der Waals surface area contributed by atoms with Gasteiger partial charge in [0.2, 0.25) is 21.8 Å². The van der Waals surface area contributed by atoms with Gasteiger partial charge in [0.25, 0.3) is 0 Å². The molecule has 0 unspecified atom stereocenters. The minimum Gasteiger partial charge on any atom is -0.352 e. The molecule has 0 saturated carbocycles. The van der Waals surface area contributed by atoms with Gasteiger partial charge in [-0.15, -0.1) is 0 Å². The van der Waals surface area contributed by atoms with E-state index in [2.05, 4.69) is 5.32 Å². The molecular weight excluding hydrogens is 533 g/mol. The Kier molecular flexibility index (Phi) is 10.3. The van der Waals surface area contributed by atoms with Crippen LogP contribution in [-0.2, 0) is 26.2 Å². The molecule has 1 N–H and O–H groups in total. The first-order valence-corrected chi connectivity index (χ1v) is 14.0. The number of carbonyl (C=O) groups excluding carboxylic acids is 2. The second-order valence-electron chi connectivity index (χ2n) is 8.43. The van der Waals surface area contributed by atoms with E-state index in [-0.39, 0.29) is 39.2 Å². The van der Waals surface area contributed by atoms with Crippen LogP contribution in [0.5, 0.6) is 0 Å². The average Bonchev–Trinajstić information content (AvgIpc) is 2.78. The molecule has 0 heterocycles. The van der Waals surface area contributed by atoms with Gasteiger partial charge in [-0.05, 0) is 50.5 Å². The Hall–Kier alpha value is -2.00. The number of rotatable bonds is 10. The lowest BCUT2D eigenvalue weighted by atomic mass is 10.1. The summed E-state index contributed by atoms with van der Waals surface area (Å²) >= 11 is 18.4. The van der Waals surface area contributed by atoms with Gasteiger partial charge in [-0.3, -0.25) is 13.9 Å². The first-order valence-electron chi connectivity index (χ1n) is 11.0. The maximum absolute atomic E-state index is 13.6. The number of halogens is 3. The summed E-state index contributed by atoms with van der Waals surface area (Å²) < 4.78 is 26.2. The molecule has 0 aromatic heterocycles. The molecule has 0 aliphatic rings. The lowest BCUT2D eigenvalue weighted by Crippen LogP contribution is -2.52. The first-order chi connectivity index (χ1) is 16.3. The monoisotopic (exact) mass is 561 g/mol. The average molecular weight is 563 g/mol. The summed E-state index contributed by atoms with van der Waals surface area (Å²) in [6, 6.07) is 9.15. The van der Waals surface area contributed by atoms with Gasteiger partial charge in [0.15, 0.2) is 0 Å². The molecule has 0 aliphatic heterocycles. The molecule has 7 nitrogen and oxygen atoms in total. The number of anilines is 1. The number of carbonyl (C=O) groups is 2. The predicted octanol–water partition coefficient (Wildman–Crippen LogP) is 5.05. The van der Waals surface area contributed by atoms with Gasteiger partial charge in [-0.1, -0.05) is 66.0 Å². The topological polar surface area (TPSA) is 86.8 Å². The van der Waals surface area contributed by atoms with Gasteiger partial charge in [0.05, 0.1) is 27.0 Å². The molecule has 11 heteroatoms. The van der Waals surface area contributed by atoms with Crippen molar-refractivity contribution in [1.29, 1.82) is 0 Å². The number of benzene rings is 2. The molecule has 2 amide bonds. The number of nitrogens with one attached hydrogen (secondary N) is 1. The molecule has 0 spiro atoms. The third-order valence-electron chi connectivity index (χ3n) is 5.71. The van der Waals surface area contributed by atoms with E-state index < -0.39 is 28.5 Å². The fourth-order valence-electron chi connectivity index (χ4n) is 3.32. The summed E-state index contributed by atoms with van der Waals surface area (Å²) in [5.41, 5.74) is 1.79. The Bertz CT molecular complexity index is 1190. The zero-order valence-electron chi connectivity index (χ0n) is 20.3. The van der Waals surface area contributed by atoms with Gasteiger partial charge >= 0.3 is 0 Å². The normalized spacial score (nSPS) is 13.1. The number of hydrogen-bond donors (Lipinski definition) is 1. The second kappa shape index (κ2) is 12.3. The van der Waals surface area contributed by atoms with E-state index >= 15 is 0 Å². The highest BCUT2D eigenvalue weighted by atomic mass is 35.5. The van der Waals surface area contributed by atoms with Crippen LogP contribution in [0.4, 0.5) is 5.69 Å². The number of sulfonamides is 1. The minimum absolute atomic E-state index is 0.0180. The minimum atomic E-state index is -3.95. The first kappa shape index (κ1) is 29.2. The molecule has 2 aromatic carbocycles. The lowest BCUT2D eigenvalue weighted by molar-refractivity contribution is -0.139. The lowest BCUT2D eigenvalue weighted by Gasteiger charge is -2.32. The maximum atomic E-state index is 13.6. The van der Waals surface area contributed by atoms with Gasteiger partial charge < -0.3 is 10.2 Å². The van der Waals surface area contributed by atoms with E-state index in [0.717, 1.165) is 28.1 Å². The fourth-order valence-corrected chi connectivity index (χ4v) is 4.86. The predicted molar refractivity (Wildman–Crippen MR) is 143 cm³/mol. The third-order valence-corrected chi connectivity index (χ3v) is 7.86. The zero-order valence-corrected chi connectivity index (χ0v) is 23.4. The van der Waals surface area contributed by atoms with Crippen LogP contribution in [0.3, 0.4) is 0 Å². The quantitative estimate of drug-likeness (QED) is 0.411. The van der Waals surface area contributed by atoms with Crippen molar-refractivity contribution in [3.05, 3.63) is 62.6 Å². The maximum Gasteiger partial charge on any atom is 0.244 e. The summed E-state index contributed by atoms with van der Waals surface area (Å²) in [6.07, 6.45) is 1.69. The Labute approximate surface area is 222 Å². The number of hydrogen-bond acceptors (Lipinski definition) is 4. The van der Waals surface area contributed by atoms with Gasteiger partial charge in [0, 0.05) is 12.6 Å². The molecule has 2 rings (SSSR count). The Morgan fingerprint density at radius 1 is 1.03 bits per heavy atom. The number of amides is 2. The van der Waals surface area contributed by atoms with E-state index in [1.807, 2.05) is 45.0 Å². The standard InChI is InChI=1S/C24H30Cl3N3O4S/c1-6-16(3)28-24(32)17(4)29(13-18-10-8-7-9-15(18)2)23(31)14-30(35(5,33)34)22-12-20(26)19(25)11-21(22)27/h7-12,16-17H,6,13-14H2,1-5H3,(H,28,32)/t16-,17+/m0/s1. The van der Waals surface area contributed by atoms with E-state index in [1.165, 1.54) is 17.0 Å². The van der Waals surface area contributed by atoms with E-state index in [9.17, 15) is 18.0 Å². The van der Waals surface area contributed by atoms with E-state index in [0.29, 0.717) is 0 Å². The Balaban J connectivity index is 2.47. The molecular formula is C24H30Cl3N3O4S. The third kappa shape index (κ3) is 7.74. The van der Waals surface area contributed by atoms with Crippen LogP contribution in [0.15, 0.2) is 36.4 Å². The zero-order chi connectivity index (χ0) is 26.5. The van der Waals surface area contributed by atoms with Crippen molar-refractivity contribution in [2.24, 2.45) is 0 Å². The van der Waals surface area contributed by atoms with Crippen LogP contribution in [0.25, 0.3) is 0 Å². The van der Waals surface area contributed by atoms with Crippen LogP contribution in [0, 0.1) is 6.92 Å². The van der Waals surface area contributed by atoms with Crippen molar-refractivity contribution in [2.45, 2.75) is 52.7 Å². The van der Waals surface area contributed by atoms with E-state index in [1.54, 1.807) is 6.92 Å². The van der Waals surface area contributed by atoms with Crippen LogP contribution in [-0.4, -0.2) is 50.0 Å². The second-order valence-corrected chi connectivity index (χ2v) is 11.6. The van der Waals surface area contributed by atoms with Crippen molar-refractivity contribution in [3.8, 4) is 0 Å². The highest BCUT2D eigenvalue weighted by molar-refractivity contribution is 7.92. The molecule has 0 saturated heterocycles. The van der Waals surface area contributed by atoms with Crippen LogP contribution in [0.2, 0.25) is 15.1 Å². The molecule has 192 valence electrons. The molecule has 0 aliphatic carbocycles. The van der Waals surface area contributed by atoms with Crippen molar-refractivity contribution in [1.82, 2.24) is 10.2 Å². The number of nitrogens with zero attached hydrogens (tertiary/aromatic N) is 2. The van der Waals surface area contributed by atoms with Crippen molar-refractivity contribution in [3.63, 3.8) is 0 Å². The van der Waals surface area contributed by atoms with Crippen LogP contribution < -0.4 is 9.62 Å². The van der Waals surface area contributed by atoms with Crippen LogP contribution >= 0.6 is 34.8 Å². The highest BCUT2D eigenvalue weighted by Gasteiger charge is 2.31. The summed E-state index contributed by atoms with van der Waals surface area (Å²) in [7, 11) is -3.95. The fraction of sp³-hybridized carbons (Fsp3) is 0.417. The number of aryl methyl sites for hydroxylation is 1. The van der Waals surface area contributed by atoms with Crippen molar-refractivity contribution < 1.29 is 18.0 Å². The summed E-state index contributed by atoms with van der Waals surface area (Å²) in [5.74, 6) is -0.910. The highest BCUT2D eigenvalue weighted by Crippen LogP contribution is 2.35.